The molecule has 1 aromatic carbocycles. The van der Waals surface area contributed by atoms with Crippen LogP contribution in [0.15, 0.2) is 18.2 Å². The molecule has 0 spiro atoms. The Kier molecular flexibility index (Phi) is 3.58. The molecule has 0 fully saturated rings. The van der Waals surface area contributed by atoms with Crippen LogP contribution in [0.2, 0.25) is 0 Å². The van der Waals surface area contributed by atoms with Gasteiger partial charge in [0.2, 0.25) is 0 Å². The number of nitrogens with zero attached hydrogens (tertiary/aromatic N) is 2. The summed E-state index contributed by atoms with van der Waals surface area (Å²) >= 11 is 1.81. The maximum atomic E-state index is 11.0. The lowest BCUT2D eigenvalue weighted by Gasteiger charge is -2.23. The van der Waals surface area contributed by atoms with Crippen LogP contribution in [0.3, 0.4) is 0 Å². The Balaban J connectivity index is 2.51. The first-order valence-electron chi connectivity index (χ1n) is 6.09. The fourth-order valence-corrected chi connectivity index (χ4v) is 2.29. The van der Waals surface area contributed by atoms with Crippen molar-refractivity contribution in [2.45, 2.75) is 32.1 Å². The van der Waals surface area contributed by atoms with E-state index in [1.807, 2.05) is 24.8 Å². The van der Waals surface area contributed by atoms with E-state index in [-0.39, 0.29) is 10.3 Å². The lowest BCUT2D eigenvalue weighted by atomic mass is 10.2. The van der Waals surface area contributed by atoms with Crippen molar-refractivity contribution in [3.05, 3.63) is 29.6 Å². The second-order valence-corrected chi connectivity index (χ2v) is 6.73. The minimum atomic E-state index is -0.918. The third-order valence-electron chi connectivity index (χ3n) is 3.28. The van der Waals surface area contributed by atoms with E-state index in [0.29, 0.717) is 0 Å². The highest BCUT2D eigenvalue weighted by atomic mass is 32.2. The van der Waals surface area contributed by atoms with Crippen molar-refractivity contribution >= 4 is 28.8 Å². The molecular weight excluding hydrogens is 260 g/mol. The zero-order valence-corrected chi connectivity index (χ0v) is 12.4. The Morgan fingerprint density at radius 1 is 1.47 bits per heavy atom. The zero-order valence-electron chi connectivity index (χ0n) is 11.6. The predicted octanol–water partition coefficient (Wildman–Crippen LogP) is 3.18. The standard InChI is InChI=1S/C14H18N2O2S/c1-9-15-11-7-10(13(17)18)5-6-12(11)16(9)8-14(2,3)19-4/h5-7H,8H2,1-4H3,(H,17,18). The SMILES string of the molecule is CSC(C)(C)Cn1c(C)nc2cc(C(=O)O)ccc21. The first-order valence-corrected chi connectivity index (χ1v) is 7.32. The van der Waals surface area contributed by atoms with Crippen molar-refractivity contribution in [1.82, 2.24) is 9.55 Å². The molecule has 102 valence electrons. The molecule has 5 heteroatoms. The van der Waals surface area contributed by atoms with Gasteiger partial charge in [-0.2, -0.15) is 11.8 Å². The molecule has 0 amide bonds. The Morgan fingerprint density at radius 3 is 2.74 bits per heavy atom. The molecule has 0 saturated heterocycles. The van der Waals surface area contributed by atoms with Crippen molar-refractivity contribution in [3.63, 3.8) is 0 Å². The Hall–Kier alpha value is -1.49. The molecule has 4 nitrogen and oxygen atoms in total. The number of aromatic carboxylic acids is 1. The Labute approximate surface area is 116 Å². The summed E-state index contributed by atoms with van der Waals surface area (Å²) in [6, 6.07) is 5.11. The van der Waals surface area contributed by atoms with Crippen LogP contribution in [0.5, 0.6) is 0 Å². The second kappa shape index (κ2) is 4.89. The average molecular weight is 278 g/mol. The molecule has 2 aromatic rings. The van der Waals surface area contributed by atoms with Crippen molar-refractivity contribution < 1.29 is 9.90 Å². The Bertz CT molecular complexity index is 632. The smallest absolute Gasteiger partial charge is 0.335 e. The van der Waals surface area contributed by atoms with Gasteiger partial charge in [0.1, 0.15) is 5.82 Å². The van der Waals surface area contributed by atoms with Crippen molar-refractivity contribution in [1.29, 1.82) is 0 Å². The van der Waals surface area contributed by atoms with Crippen molar-refractivity contribution in [3.8, 4) is 0 Å². The first-order chi connectivity index (χ1) is 8.84. The van der Waals surface area contributed by atoms with Crippen LogP contribution in [0.25, 0.3) is 11.0 Å². The molecule has 1 heterocycles. The summed E-state index contributed by atoms with van der Waals surface area (Å²) in [5.74, 6) is -0.00166. The largest absolute Gasteiger partial charge is 0.478 e. The minimum absolute atomic E-state index is 0.115. The van der Waals surface area contributed by atoms with Crippen LogP contribution in [0.1, 0.15) is 30.0 Å². The van der Waals surface area contributed by atoms with Crippen LogP contribution in [-0.4, -0.2) is 31.6 Å². The van der Waals surface area contributed by atoms with E-state index >= 15 is 0 Å². The van der Waals surface area contributed by atoms with E-state index in [1.54, 1.807) is 12.1 Å². The number of aryl methyl sites for hydroxylation is 1. The third-order valence-corrected chi connectivity index (χ3v) is 4.51. The lowest BCUT2D eigenvalue weighted by Crippen LogP contribution is -2.23. The minimum Gasteiger partial charge on any atom is -0.478 e. The van der Waals surface area contributed by atoms with E-state index < -0.39 is 5.97 Å². The molecule has 19 heavy (non-hydrogen) atoms. The highest BCUT2D eigenvalue weighted by molar-refractivity contribution is 7.99. The van der Waals surface area contributed by atoms with Crippen molar-refractivity contribution in [2.75, 3.05) is 6.26 Å². The molecular formula is C14H18N2O2S. The third kappa shape index (κ3) is 2.76. The number of carboxylic acid groups (broad SMARTS) is 1. The summed E-state index contributed by atoms with van der Waals surface area (Å²) in [6.45, 7) is 7.18. The van der Waals surface area contributed by atoms with Gasteiger partial charge in [0.15, 0.2) is 0 Å². The molecule has 0 saturated carbocycles. The predicted molar refractivity (Wildman–Crippen MR) is 79.0 cm³/mol. The van der Waals surface area contributed by atoms with E-state index in [1.165, 1.54) is 0 Å². The van der Waals surface area contributed by atoms with E-state index in [4.69, 9.17) is 5.11 Å². The topological polar surface area (TPSA) is 55.1 Å². The first kappa shape index (κ1) is 13.9. The van der Waals surface area contributed by atoms with Gasteiger partial charge in [0.25, 0.3) is 0 Å². The van der Waals surface area contributed by atoms with Gasteiger partial charge in [0.05, 0.1) is 16.6 Å². The van der Waals surface area contributed by atoms with Crippen LogP contribution in [-0.2, 0) is 6.54 Å². The van der Waals surface area contributed by atoms with Gasteiger partial charge < -0.3 is 9.67 Å². The monoisotopic (exact) mass is 278 g/mol. The number of hydrogen-bond donors (Lipinski definition) is 1. The highest BCUT2D eigenvalue weighted by Crippen LogP contribution is 2.27. The molecule has 0 aliphatic carbocycles. The van der Waals surface area contributed by atoms with Gasteiger partial charge in [-0.15, -0.1) is 0 Å². The van der Waals surface area contributed by atoms with Crippen LogP contribution in [0.4, 0.5) is 0 Å². The second-order valence-electron chi connectivity index (χ2n) is 5.22. The summed E-state index contributed by atoms with van der Waals surface area (Å²) in [5, 5.41) is 9.01. The summed E-state index contributed by atoms with van der Waals surface area (Å²) in [4.78, 5) is 15.4. The van der Waals surface area contributed by atoms with Gasteiger partial charge >= 0.3 is 5.97 Å². The van der Waals surface area contributed by atoms with Gasteiger partial charge in [-0.1, -0.05) is 0 Å². The summed E-state index contributed by atoms with van der Waals surface area (Å²) in [7, 11) is 0. The molecule has 0 aliphatic heterocycles. The maximum Gasteiger partial charge on any atom is 0.335 e. The van der Waals surface area contributed by atoms with E-state index in [9.17, 15) is 4.79 Å². The molecule has 0 atom stereocenters. The van der Waals surface area contributed by atoms with Crippen LogP contribution in [0, 0.1) is 6.92 Å². The normalized spacial score (nSPS) is 12.0. The fraction of sp³-hybridized carbons (Fsp3) is 0.429. The number of rotatable bonds is 4. The number of imidazole rings is 1. The van der Waals surface area contributed by atoms with Gasteiger partial charge in [-0.05, 0) is 45.2 Å². The quantitative estimate of drug-likeness (QED) is 0.933. The number of thioether (sulfide) groups is 1. The number of benzene rings is 1. The lowest BCUT2D eigenvalue weighted by molar-refractivity contribution is 0.0697. The molecule has 0 bridgehead atoms. The van der Waals surface area contributed by atoms with Gasteiger partial charge in [-0.3, -0.25) is 0 Å². The Morgan fingerprint density at radius 2 is 2.16 bits per heavy atom. The van der Waals surface area contributed by atoms with Crippen LogP contribution >= 0.6 is 11.8 Å². The molecule has 0 unspecified atom stereocenters. The molecule has 1 N–H and O–H groups in total. The molecule has 0 aliphatic rings. The molecule has 1 aromatic heterocycles. The molecule has 2 rings (SSSR count). The number of fused-ring (bicyclic) bond motifs is 1. The number of carboxylic acids is 1. The maximum absolute atomic E-state index is 11.0. The van der Waals surface area contributed by atoms with Crippen molar-refractivity contribution in [2.24, 2.45) is 0 Å². The summed E-state index contributed by atoms with van der Waals surface area (Å²) < 4.78 is 2.27. The van der Waals surface area contributed by atoms with E-state index in [0.717, 1.165) is 23.4 Å². The summed E-state index contributed by atoms with van der Waals surface area (Å²) in [6.07, 6.45) is 2.09. The number of aromatic nitrogens is 2. The molecule has 0 radical (unpaired) electrons. The zero-order chi connectivity index (χ0) is 14.2. The number of hydrogen-bond acceptors (Lipinski definition) is 3. The van der Waals surface area contributed by atoms with E-state index in [2.05, 4.69) is 29.7 Å². The van der Waals surface area contributed by atoms with Crippen LogP contribution < -0.4 is 0 Å². The fourth-order valence-electron chi connectivity index (χ4n) is 2.03. The highest BCUT2D eigenvalue weighted by Gasteiger charge is 2.20. The van der Waals surface area contributed by atoms with Gasteiger partial charge in [-0.25, -0.2) is 9.78 Å². The van der Waals surface area contributed by atoms with Gasteiger partial charge in [0, 0.05) is 11.3 Å². The average Bonchev–Trinajstić information content (AvgIpc) is 2.65. The number of carbonyl (C=O) groups is 1. The summed E-state index contributed by atoms with van der Waals surface area (Å²) in [5.41, 5.74) is 2.01.